The summed E-state index contributed by atoms with van der Waals surface area (Å²) < 4.78 is 17.2. The van der Waals surface area contributed by atoms with Gasteiger partial charge in [0.05, 0.1) is 12.8 Å². The van der Waals surface area contributed by atoms with E-state index in [4.69, 9.17) is 10.5 Å². The summed E-state index contributed by atoms with van der Waals surface area (Å²) in [7, 11) is 0. The molecule has 0 radical (unpaired) electrons. The van der Waals surface area contributed by atoms with Crippen molar-refractivity contribution in [1.29, 1.82) is 0 Å². The Balaban J connectivity index is 2.11. The Morgan fingerprint density at radius 3 is 2.75 bits per heavy atom. The number of alkyl halides is 1. The molecule has 0 amide bonds. The average Bonchev–Trinajstić information content (AvgIpc) is 2.09. The molecule has 0 aromatic carbocycles. The van der Waals surface area contributed by atoms with E-state index in [1.807, 2.05) is 0 Å². The van der Waals surface area contributed by atoms with Crippen molar-refractivity contribution in [3.8, 4) is 0 Å². The van der Waals surface area contributed by atoms with E-state index in [2.05, 4.69) is 0 Å². The molecule has 1 fully saturated rings. The first-order chi connectivity index (χ1) is 5.84. The van der Waals surface area contributed by atoms with Gasteiger partial charge in [-0.2, -0.15) is 0 Å². The van der Waals surface area contributed by atoms with Crippen molar-refractivity contribution in [2.24, 2.45) is 5.73 Å². The number of nitrogens with two attached hydrogens (primary N) is 1. The highest BCUT2D eigenvalue weighted by Gasteiger charge is 2.21. The molecule has 0 spiro atoms. The predicted molar refractivity (Wildman–Crippen MR) is 46.8 cm³/mol. The molecule has 0 aliphatic heterocycles. The van der Waals surface area contributed by atoms with Gasteiger partial charge in [0.15, 0.2) is 0 Å². The molecule has 0 bridgehead atoms. The molecule has 1 saturated carbocycles. The van der Waals surface area contributed by atoms with Crippen LogP contribution in [0.15, 0.2) is 0 Å². The van der Waals surface area contributed by atoms with E-state index in [0.29, 0.717) is 13.0 Å². The van der Waals surface area contributed by atoms with Crippen LogP contribution in [-0.2, 0) is 4.74 Å². The first-order valence-corrected chi connectivity index (χ1v) is 4.77. The quantitative estimate of drug-likeness (QED) is 0.659. The van der Waals surface area contributed by atoms with Gasteiger partial charge in [0.2, 0.25) is 0 Å². The number of halogens is 1. The van der Waals surface area contributed by atoms with Gasteiger partial charge >= 0.3 is 0 Å². The molecule has 2 unspecified atom stereocenters. The first kappa shape index (κ1) is 9.93. The molecule has 0 aromatic heterocycles. The Morgan fingerprint density at radius 2 is 2.08 bits per heavy atom. The van der Waals surface area contributed by atoms with E-state index in [-0.39, 0.29) is 18.8 Å². The van der Waals surface area contributed by atoms with Crippen LogP contribution in [0.2, 0.25) is 0 Å². The fourth-order valence-corrected chi connectivity index (χ4v) is 1.62. The fraction of sp³-hybridized carbons (Fsp3) is 1.00. The summed E-state index contributed by atoms with van der Waals surface area (Å²) in [5.74, 6) is 0. The van der Waals surface area contributed by atoms with Crippen molar-refractivity contribution in [3.05, 3.63) is 0 Å². The third-order valence-electron chi connectivity index (χ3n) is 2.36. The first-order valence-electron chi connectivity index (χ1n) is 4.77. The molecule has 2 N–H and O–H groups in total. The highest BCUT2D eigenvalue weighted by Crippen LogP contribution is 2.19. The summed E-state index contributed by atoms with van der Waals surface area (Å²) in [4.78, 5) is 0. The normalized spacial score (nSPS) is 30.5. The van der Waals surface area contributed by atoms with Gasteiger partial charge in [-0.25, -0.2) is 0 Å². The van der Waals surface area contributed by atoms with Crippen LogP contribution >= 0.6 is 0 Å². The van der Waals surface area contributed by atoms with E-state index in [0.717, 1.165) is 12.8 Å². The minimum Gasteiger partial charge on any atom is -0.377 e. The van der Waals surface area contributed by atoms with Crippen molar-refractivity contribution in [2.75, 3.05) is 13.3 Å². The van der Waals surface area contributed by atoms with Gasteiger partial charge in [0, 0.05) is 12.6 Å². The molecular weight excluding hydrogens is 157 g/mol. The zero-order valence-electron chi connectivity index (χ0n) is 7.47. The standard InChI is InChI=1S/C9H18FNO/c10-6-3-7-12-9-5-2-1-4-8(9)11/h8-9H,1-7,11H2. The minimum absolute atomic E-state index is 0.179. The molecule has 2 nitrogen and oxygen atoms in total. The maximum atomic E-state index is 11.7. The van der Waals surface area contributed by atoms with E-state index >= 15 is 0 Å². The van der Waals surface area contributed by atoms with Crippen LogP contribution in [0.25, 0.3) is 0 Å². The minimum atomic E-state index is -0.290. The van der Waals surface area contributed by atoms with Crippen molar-refractivity contribution >= 4 is 0 Å². The lowest BCUT2D eigenvalue weighted by Crippen LogP contribution is -2.39. The van der Waals surface area contributed by atoms with Crippen LogP contribution in [0.1, 0.15) is 32.1 Å². The molecule has 3 heteroatoms. The summed E-state index contributed by atoms with van der Waals surface area (Å²) in [6.45, 7) is 0.233. The van der Waals surface area contributed by atoms with E-state index < -0.39 is 0 Å². The zero-order valence-corrected chi connectivity index (χ0v) is 7.47. The van der Waals surface area contributed by atoms with Crippen molar-refractivity contribution in [1.82, 2.24) is 0 Å². The smallest absolute Gasteiger partial charge is 0.0916 e. The lowest BCUT2D eigenvalue weighted by molar-refractivity contribution is 0.0121. The Kier molecular flexibility index (Phi) is 4.54. The molecule has 2 atom stereocenters. The van der Waals surface area contributed by atoms with Crippen molar-refractivity contribution < 1.29 is 9.13 Å². The summed E-state index contributed by atoms with van der Waals surface area (Å²) in [6, 6.07) is 0.179. The molecule has 1 aliphatic rings. The monoisotopic (exact) mass is 175 g/mol. The molecule has 0 heterocycles. The van der Waals surface area contributed by atoms with Crippen LogP contribution < -0.4 is 5.73 Å². The van der Waals surface area contributed by atoms with Gasteiger partial charge < -0.3 is 10.5 Å². The average molecular weight is 175 g/mol. The van der Waals surface area contributed by atoms with Crippen LogP contribution in [0, 0.1) is 0 Å². The van der Waals surface area contributed by atoms with Gasteiger partial charge in [-0.05, 0) is 19.3 Å². The molecular formula is C9H18FNO. The molecule has 0 saturated heterocycles. The summed E-state index contributed by atoms with van der Waals surface area (Å²) in [5.41, 5.74) is 5.84. The Labute approximate surface area is 73.3 Å². The van der Waals surface area contributed by atoms with Gasteiger partial charge in [-0.3, -0.25) is 4.39 Å². The maximum absolute atomic E-state index is 11.7. The van der Waals surface area contributed by atoms with Gasteiger partial charge in [-0.1, -0.05) is 12.8 Å². The van der Waals surface area contributed by atoms with E-state index in [1.54, 1.807) is 0 Å². The molecule has 0 aromatic rings. The van der Waals surface area contributed by atoms with E-state index in [1.165, 1.54) is 12.8 Å². The number of hydrogen-bond acceptors (Lipinski definition) is 2. The Bertz CT molecular complexity index is 121. The van der Waals surface area contributed by atoms with Gasteiger partial charge in [-0.15, -0.1) is 0 Å². The second-order valence-corrected chi connectivity index (χ2v) is 3.40. The van der Waals surface area contributed by atoms with Gasteiger partial charge in [0.25, 0.3) is 0 Å². The number of hydrogen-bond donors (Lipinski definition) is 1. The number of ether oxygens (including phenoxy) is 1. The summed E-state index contributed by atoms with van der Waals surface area (Å²) in [6.07, 6.45) is 5.21. The zero-order chi connectivity index (χ0) is 8.81. The second kappa shape index (κ2) is 5.49. The molecule has 1 aliphatic carbocycles. The van der Waals surface area contributed by atoms with E-state index in [9.17, 15) is 4.39 Å². The van der Waals surface area contributed by atoms with Crippen LogP contribution in [0.5, 0.6) is 0 Å². The highest BCUT2D eigenvalue weighted by atomic mass is 19.1. The predicted octanol–water partition coefficient (Wildman–Crippen LogP) is 1.63. The van der Waals surface area contributed by atoms with Crippen LogP contribution in [-0.4, -0.2) is 25.4 Å². The lowest BCUT2D eigenvalue weighted by atomic mass is 9.93. The summed E-state index contributed by atoms with van der Waals surface area (Å²) in [5, 5.41) is 0. The van der Waals surface area contributed by atoms with Crippen molar-refractivity contribution in [2.45, 2.75) is 44.2 Å². The largest absolute Gasteiger partial charge is 0.377 e. The fourth-order valence-electron chi connectivity index (χ4n) is 1.62. The SMILES string of the molecule is NC1CCCCC1OCCCF. The van der Waals surface area contributed by atoms with Crippen molar-refractivity contribution in [3.63, 3.8) is 0 Å². The lowest BCUT2D eigenvalue weighted by Gasteiger charge is -2.28. The summed E-state index contributed by atoms with van der Waals surface area (Å²) >= 11 is 0. The number of rotatable bonds is 4. The topological polar surface area (TPSA) is 35.2 Å². The molecule has 72 valence electrons. The Hall–Kier alpha value is -0.150. The van der Waals surface area contributed by atoms with Gasteiger partial charge in [0.1, 0.15) is 0 Å². The maximum Gasteiger partial charge on any atom is 0.0916 e. The van der Waals surface area contributed by atoms with Crippen LogP contribution in [0.3, 0.4) is 0 Å². The molecule has 1 rings (SSSR count). The third kappa shape index (κ3) is 3.07. The molecule has 12 heavy (non-hydrogen) atoms. The highest BCUT2D eigenvalue weighted by molar-refractivity contribution is 4.78. The van der Waals surface area contributed by atoms with Crippen LogP contribution in [0.4, 0.5) is 4.39 Å². The third-order valence-corrected chi connectivity index (χ3v) is 2.36. The Morgan fingerprint density at radius 1 is 1.33 bits per heavy atom. The second-order valence-electron chi connectivity index (χ2n) is 3.40.